The predicted octanol–water partition coefficient (Wildman–Crippen LogP) is 4.56. The van der Waals surface area contributed by atoms with Crippen LogP contribution in [0.3, 0.4) is 0 Å². The van der Waals surface area contributed by atoms with Crippen molar-refractivity contribution < 1.29 is 14.3 Å². The van der Waals surface area contributed by atoms with E-state index in [0.29, 0.717) is 18.1 Å². The molecule has 0 saturated carbocycles. The molecule has 24 heavy (non-hydrogen) atoms. The molecule has 0 unspecified atom stereocenters. The number of carbonyl (C=O) groups excluding carboxylic acids is 1. The minimum Gasteiger partial charge on any atom is -0.491 e. The number of pyridine rings is 1. The standard InChI is InChI=1S/C20H19NO3/c1-14(2)23-17-5-7-18(8-6-17)24-20-10-4-16-13-15(11-12-22)3-9-19(16)21-20/h3-10,12-14H,11H2,1-2H3. The van der Waals surface area contributed by atoms with Gasteiger partial charge in [-0.1, -0.05) is 6.07 Å². The minimum absolute atomic E-state index is 0.142. The summed E-state index contributed by atoms with van der Waals surface area (Å²) in [4.78, 5) is 15.1. The molecule has 122 valence electrons. The van der Waals surface area contributed by atoms with Crippen LogP contribution in [0, 0.1) is 0 Å². The molecule has 0 aliphatic rings. The van der Waals surface area contributed by atoms with Gasteiger partial charge in [0.2, 0.25) is 5.88 Å². The summed E-state index contributed by atoms with van der Waals surface area (Å²) >= 11 is 0. The van der Waals surface area contributed by atoms with Crippen molar-refractivity contribution in [1.82, 2.24) is 4.98 Å². The van der Waals surface area contributed by atoms with Crippen molar-refractivity contribution >= 4 is 17.2 Å². The fourth-order valence-corrected chi connectivity index (χ4v) is 2.42. The molecule has 3 aromatic rings. The molecular formula is C20H19NO3. The SMILES string of the molecule is CC(C)Oc1ccc(Oc2ccc3cc(CC=O)ccc3n2)cc1. The van der Waals surface area contributed by atoms with E-state index in [1.54, 1.807) is 0 Å². The lowest BCUT2D eigenvalue weighted by Gasteiger charge is -2.10. The molecule has 0 aliphatic heterocycles. The van der Waals surface area contributed by atoms with Crippen LogP contribution in [-0.4, -0.2) is 17.4 Å². The molecule has 3 rings (SSSR count). The first-order valence-corrected chi connectivity index (χ1v) is 7.92. The second-order valence-electron chi connectivity index (χ2n) is 5.79. The Kier molecular flexibility index (Phi) is 4.75. The summed E-state index contributed by atoms with van der Waals surface area (Å²) < 4.78 is 11.4. The summed E-state index contributed by atoms with van der Waals surface area (Å²) in [6.45, 7) is 3.98. The summed E-state index contributed by atoms with van der Waals surface area (Å²) in [6.07, 6.45) is 1.46. The van der Waals surface area contributed by atoms with Gasteiger partial charge in [-0.3, -0.25) is 0 Å². The molecule has 4 heteroatoms. The second-order valence-corrected chi connectivity index (χ2v) is 5.79. The van der Waals surface area contributed by atoms with Gasteiger partial charge in [-0.15, -0.1) is 0 Å². The van der Waals surface area contributed by atoms with Crippen LogP contribution in [0.4, 0.5) is 0 Å². The van der Waals surface area contributed by atoms with E-state index in [-0.39, 0.29) is 6.10 Å². The number of nitrogens with zero attached hydrogens (tertiary/aromatic N) is 1. The number of aldehydes is 1. The maximum absolute atomic E-state index is 10.6. The predicted molar refractivity (Wildman–Crippen MR) is 93.8 cm³/mol. The molecule has 4 nitrogen and oxygen atoms in total. The van der Waals surface area contributed by atoms with Gasteiger partial charge >= 0.3 is 0 Å². The van der Waals surface area contributed by atoms with E-state index >= 15 is 0 Å². The van der Waals surface area contributed by atoms with Crippen molar-refractivity contribution in [2.75, 3.05) is 0 Å². The Labute approximate surface area is 141 Å². The third-order valence-electron chi connectivity index (χ3n) is 3.47. The van der Waals surface area contributed by atoms with Crippen LogP contribution in [0.2, 0.25) is 0 Å². The second kappa shape index (κ2) is 7.13. The van der Waals surface area contributed by atoms with Gasteiger partial charge in [0.1, 0.15) is 17.8 Å². The molecule has 0 radical (unpaired) electrons. The van der Waals surface area contributed by atoms with Crippen LogP contribution in [0.5, 0.6) is 17.4 Å². The number of ether oxygens (including phenoxy) is 2. The van der Waals surface area contributed by atoms with E-state index in [4.69, 9.17) is 9.47 Å². The topological polar surface area (TPSA) is 48.4 Å². The molecule has 2 aromatic carbocycles. The first kappa shape index (κ1) is 16.0. The third kappa shape index (κ3) is 3.90. The highest BCUT2D eigenvalue weighted by Crippen LogP contribution is 2.25. The highest BCUT2D eigenvalue weighted by Gasteiger charge is 2.04. The first-order chi connectivity index (χ1) is 11.6. The molecule has 0 amide bonds. The highest BCUT2D eigenvalue weighted by atomic mass is 16.5. The fourth-order valence-electron chi connectivity index (χ4n) is 2.42. The van der Waals surface area contributed by atoms with Crippen molar-refractivity contribution in [1.29, 1.82) is 0 Å². The van der Waals surface area contributed by atoms with Crippen molar-refractivity contribution in [3.05, 3.63) is 60.2 Å². The Balaban J connectivity index is 1.77. The zero-order chi connectivity index (χ0) is 16.9. The van der Waals surface area contributed by atoms with Crippen LogP contribution in [0.1, 0.15) is 19.4 Å². The van der Waals surface area contributed by atoms with Gasteiger partial charge in [0, 0.05) is 17.9 Å². The Bertz CT molecular complexity index is 841. The average molecular weight is 321 g/mol. The van der Waals surface area contributed by atoms with E-state index in [0.717, 1.165) is 28.5 Å². The number of rotatable bonds is 6. The molecule has 0 aliphatic carbocycles. The van der Waals surface area contributed by atoms with Crippen molar-refractivity contribution in [2.24, 2.45) is 0 Å². The van der Waals surface area contributed by atoms with Crippen molar-refractivity contribution in [3.8, 4) is 17.4 Å². The summed E-state index contributed by atoms with van der Waals surface area (Å²) in [5, 5.41) is 0.988. The summed E-state index contributed by atoms with van der Waals surface area (Å²) in [7, 11) is 0. The van der Waals surface area contributed by atoms with E-state index in [1.165, 1.54) is 0 Å². The minimum atomic E-state index is 0.142. The fraction of sp³-hybridized carbons (Fsp3) is 0.200. The Morgan fingerprint density at radius 3 is 2.46 bits per heavy atom. The molecule has 0 saturated heterocycles. The molecule has 0 N–H and O–H groups in total. The number of benzene rings is 2. The number of hydrogen-bond acceptors (Lipinski definition) is 4. The molecule has 0 bridgehead atoms. The Hall–Kier alpha value is -2.88. The lowest BCUT2D eigenvalue weighted by Crippen LogP contribution is -2.05. The van der Waals surface area contributed by atoms with Crippen LogP contribution in [0.25, 0.3) is 10.9 Å². The number of carbonyl (C=O) groups is 1. The molecular weight excluding hydrogens is 302 g/mol. The lowest BCUT2D eigenvalue weighted by atomic mass is 10.1. The van der Waals surface area contributed by atoms with E-state index in [2.05, 4.69) is 4.98 Å². The van der Waals surface area contributed by atoms with Gasteiger partial charge in [-0.2, -0.15) is 0 Å². The van der Waals surface area contributed by atoms with Gasteiger partial charge in [0.15, 0.2) is 0 Å². The summed E-state index contributed by atoms with van der Waals surface area (Å²) in [6, 6.07) is 17.0. The van der Waals surface area contributed by atoms with E-state index in [9.17, 15) is 4.79 Å². The van der Waals surface area contributed by atoms with Gasteiger partial charge in [0.05, 0.1) is 11.6 Å². The average Bonchev–Trinajstić information content (AvgIpc) is 2.57. The number of hydrogen-bond donors (Lipinski definition) is 0. The smallest absolute Gasteiger partial charge is 0.219 e. The molecule has 0 fully saturated rings. The van der Waals surface area contributed by atoms with Gasteiger partial charge in [-0.05, 0) is 61.9 Å². The molecule has 0 atom stereocenters. The maximum Gasteiger partial charge on any atom is 0.219 e. The Morgan fingerprint density at radius 2 is 1.75 bits per heavy atom. The number of aromatic nitrogens is 1. The molecule has 0 spiro atoms. The third-order valence-corrected chi connectivity index (χ3v) is 3.47. The summed E-state index contributed by atoms with van der Waals surface area (Å²) in [5.41, 5.74) is 1.82. The van der Waals surface area contributed by atoms with Gasteiger partial charge < -0.3 is 14.3 Å². The molecule has 1 aromatic heterocycles. The monoisotopic (exact) mass is 321 g/mol. The van der Waals surface area contributed by atoms with E-state index < -0.39 is 0 Å². The quantitative estimate of drug-likeness (QED) is 0.625. The first-order valence-electron chi connectivity index (χ1n) is 7.92. The summed E-state index contributed by atoms with van der Waals surface area (Å²) in [5.74, 6) is 2.05. The van der Waals surface area contributed by atoms with Crippen molar-refractivity contribution in [2.45, 2.75) is 26.4 Å². The highest BCUT2D eigenvalue weighted by molar-refractivity contribution is 5.80. The van der Waals surface area contributed by atoms with Crippen LogP contribution < -0.4 is 9.47 Å². The number of fused-ring (bicyclic) bond motifs is 1. The largest absolute Gasteiger partial charge is 0.491 e. The van der Waals surface area contributed by atoms with Crippen molar-refractivity contribution in [3.63, 3.8) is 0 Å². The Morgan fingerprint density at radius 1 is 1.00 bits per heavy atom. The van der Waals surface area contributed by atoms with Crippen LogP contribution in [0.15, 0.2) is 54.6 Å². The lowest BCUT2D eigenvalue weighted by molar-refractivity contribution is -0.107. The zero-order valence-electron chi connectivity index (χ0n) is 13.7. The van der Waals surface area contributed by atoms with E-state index in [1.807, 2.05) is 68.4 Å². The van der Waals surface area contributed by atoms with Gasteiger partial charge in [-0.25, -0.2) is 4.98 Å². The maximum atomic E-state index is 10.6. The zero-order valence-corrected chi connectivity index (χ0v) is 13.7. The van der Waals surface area contributed by atoms with Crippen LogP contribution in [-0.2, 0) is 11.2 Å². The molecule has 1 heterocycles. The van der Waals surface area contributed by atoms with Gasteiger partial charge in [0.25, 0.3) is 0 Å². The normalized spacial score (nSPS) is 10.8. The van der Waals surface area contributed by atoms with Crippen LogP contribution >= 0.6 is 0 Å².